The van der Waals surface area contributed by atoms with Crippen molar-refractivity contribution in [2.24, 2.45) is 4.99 Å². The molecule has 1 aliphatic heterocycles. The van der Waals surface area contributed by atoms with Crippen LogP contribution in [0.25, 0.3) is 0 Å². The summed E-state index contributed by atoms with van der Waals surface area (Å²) in [6, 6.07) is 7.82. The van der Waals surface area contributed by atoms with Crippen LogP contribution in [0, 0.1) is 0 Å². The number of nitrogens with one attached hydrogen (secondary N) is 2. The predicted molar refractivity (Wildman–Crippen MR) is 83.2 cm³/mol. The van der Waals surface area contributed by atoms with Crippen molar-refractivity contribution >= 4 is 17.6 Å². The topological polar surface area (TPSA) is 45.7 Å². The Labute approximate surface area is 125 Å². The fraction of sp³-hybridized carbons (Fsp3) is 0.533. The second-order valence-electron chi connectivity index (χ2n) is 4.91. The molecular formula is C15H22ClN3O. The smallest absolute Gasteiger partial charge is 0.191 e. The lowest BCUT2D eigenvalue weighted by atomic mass is 10.2. The van der Waals surface area contributed by atoms with Gasteiger partial charge in [0.25, 0.3) is 0 Å². The molecule has 0 spiro atoms. The van der Waals surface area contributed by atoms with Crippen molar-refractivity contribution < 1.29 is 4.74 Å². The maximum atomic E-state index is 5.96. The molecule has 0 saturated carbocycles. The van der Waals surface area contributed by atoms with Gasteiger partial charge in [0, 0.05) is 31.8 Å². The number of hydrogen-bond donors (Lipinski definition) is 2. The highest BCUT2D eigenvalue weighted by atomic mass is 35.5. The predicted octanol–water partition coefficient (Wildman–Crippen LogP) is 2.57. The van der Waals surface area contributed by atoms with Crippen molar-refractivity contribution in [2.45, 2.75) is 31.9 Å². The highest BCUT2D eigenvalue weighted by Crippen LogP contribution is 2.14. The summed E-state index contributed by atoms with van der Waals surface area (Å²) >= 11 is 5.96. The zero-order chi connectivity index (χ0) is 14.2. The molecule has 1 aromatic rings. The van der Waals surface area contributed by atoms with Crippen LogP contribution >= 0.6 is 11.6 Å². The molecule has 0 amide bonds. The summed E-state index contributed by atoms with van der Waals surface area (Å²) in [5.41, 5.74) is 1.14. The van der Waals surface area contributed by atoms with Gasteiger partial charge in [0.1, 0.15) is 0 Å². The van der Waals surface area contributed by atoms with E-state index in [1.807, 2.05) is 24.3 Å². The molecule has 0 radical (unpaired) electrons. The van der Waals surface area contributed by atoms with Crippen molar-refractivity contribution in [3.8, 4) is 0 Å². The second-order valence-corrected chi connectivity index (χ2v) is 5.34. The van der Waals surface area contributed by atoms with Crippen molar-refractivity contribution in [2.75, 3.05) is 20.2 Å². The Hall–Kier alpha value is -1.26. The standard InChI is InChI=1S/C15H22ClN3O/c1-17-15(18-8-7-14-6-3-9-20-14)19-11-12-4-2-5-13(16)10-12/h2,4-5,10,14H,3,6-9,11H2,1H3,(H2,17,18,19). The van der Waals surface area contributed by atoms with E-state index in [1.165, 1.54) is 12.8 Å². The Morgan fingerprint density at radius 2 is 2.35 bits per heavy atom. The van der Waals surface area contributed by atoms with Crippen LogP contribution in [0.4, 0.5) is 0 Å². The van der Waals surface area contributed by atoms with E-state index >= 15 is 0 Å². The normalized spacial score (nSPS) is 19.1. The molecule has 1 aliphatic rings. The van der Waals surface area contributed by atoms with Crippen LogP contribution in [0.15, 0.2) is 29.3 Å². The SMILES string of the molecule is CN=C(NCCC1CCCO1)NCc1cccc(Cl)c1. The molecule has 1 atom stereocenters. The first-order chi connectivity index (χ1) is 9.78. The summed E-state index contributed by atoms with van der Waals surface area (Å²) < 4.78 is 5.60. The molecule has 1 saturated heterocycles. The van der Waals surface area contributed by atoms with Crippen LogP contribution < -0.4 is 10.6 Å². The third-order valence-electron chi connectivity index (χ3n) is 3.36. The molecule has 2 rings (SSSR count). The molecular weight excluding hydrogens is 274 g/mol. The van der Waals surface area contributed by atoms with Crippen LogP contribution in [-0.4, -0.2) is 32.3 Å². The fourth-order valence-electron chi connectivity index (χ4n) is 2.28. The number of guanidine groups is 1. The van der Waals surface area contributed by atoms with E-state index in [4.69, 9.17) is 16.3 Å². The molecule has 0 aromatic heterocycles. The van der Waals surface area contributed by atoms with Gasteiger partial charge in [-0.2, -0.15) is 0 Å². The maximum Gasteiger partial charge on any atom is 0.191 e. The minimum absolute atomic E-state index is 0.411. The number of rotatable bonds is 5. The minimum Gasteiger partial charge on any atom is -0.378 e. The van der Waals surface area contributed by atoms with Crippen LogP contribution in [-0.2, 0) is 11.3 Å². The molecule has 110 valence electrons. The van der Waals surface area contributed by atoms with Gasteiger partial charge in [-0.3, -0.25) is 4.99 Å². The van der Waals surface area contributed by atoms with Crippen LogP contribution in [0.3, 0.4) is 0 Å². The molecule has 2 N–H and O–H groups in total. The van der Waals surface area contributed by atoms with Crippen molar-refractivity contribution in [1.29, 1.82) is 0 Å². The van der Waals surface area contributed by atoms with Crippen LogP contribution in [0.1, 0.15) is 24.8 Å². The highest BCUT2D eigenvalue weighted by Gasteiger charge is 2.14. The first kappa shape index (κ1) is 15.1. The molecule has 4 nitrogen and oxygen atoms in total. The minimum atomic E-state index is 0.411. The summed E-state index contributed by atoms with van der Waals surface area (Å²) in [7, 11) is 1.78. The highest BCUT2D eigenvalue weighted by molar-refractivity contribution is 6.30. The van der Waals surface area contributed by atoms with E-state index in [2.05, 4.69) is 15.6 Å². The first-order valence-electron chi connectivity index (χ1n) is 7.08. The molecule has 1 fully saturated rings. The summed E-state index contributed by atoms with van der Waals surface area (Å²) in [5, 5.41) is 7.34. The third kappa shape index (κ3) is 5.02. The fourth-order valence-corrected chi connectivity index (χ4v) is 2.49. The zero-order valence-corrected chi connectivity index (χ0v) is 12.6. The van der Waals surface area contributed by atoms with Gasteiger partial charge in [0.2, 0.25) is 0 Å². The van der Waals surface area contributed by atoms with E-state index in [9.17, 15) is 0 Å². The van der Waals surface area contributed by atoms with Gasteiger partial charge in [-0.15, -0.1) is 0 Å². The number of halogens is 1. The number of aliphatic imine (C=N–C) groups is 1. The summed E-state index contributed by atoms with van der Waals surface area (Å²) in [6.45, 7) is 2.49. The van der Waals surface area contributed by atoms with E-state index in [0.717, 1.165) is 36.1 Å². The lowest BCUT2D eigenvalue weighted by Crippen LogP contribution is -2.38. The summed E-state index contributed by atoms with van der Waals surface area (Å²) in [4.78, 5) is 4.21. The van der Waals surface area contributed by atoms with E-state index < -0.39 is 0 Å². The molecule has 20 heavy (non-hydrogen) atoms. The summed E-state index contributed by atoms with van der Waals surface area (Å²) in [6.07, 6.45) is 3.80. The number of nitrogens with zero attached hydrogens (tertiary/aromatic N) is 1. The van der Waals surface area contributed by atoms with Gasteiger partial charge in [0.05, 0.1) is 6.10 Å². The number of benzene rings is 1. The molecule has 5 heteroatoms. The van der Waals surface area contributed by atoms with Gasteiger partial charge in [-0.05, 0) is 37.0 Å². The second kappa shape index (κ2) is 8.12. The van der Waals surface area contributed by atoms with Gasteiger partial charge in [-0.1, -0.05) is 23.7 Å². The van der Waals surface area contributed by atoms with E-state index in [-0.39, 0.29) is 0 Å². The average Bonchev–Trinajstić information content (AvgIpc) is 2.96. The van der Waals surface area contributed by atoms with Crippen molar-refractivity contribution in [3.05, 3.63) is 34.9 Å². The van der Waals surface area contributed by atoms with E-state index in [1.54, 1.807) is 7.05 Å². The number of ether oxygens (including phenoxy) is 1. The Morgan fingerprint density at radius 3 is 3.05 bits per heavy atom. The lowest BCUT2D eigenvalue weighted by molar-refractivity contribution is 0.105. The van der Waals surface area contributed by atoms with Gasteiger partial charge < -0.3 is 15.4 Å². The molecule has 1 unspecified atom stereocenters. The van der Waals surface area contributed by atoms with Crippen LogP contribution in [0.5, 0.6) is 0 Å². The van der Waals surface area contributed by atoms with Gasteiger partial charge in [-0.25, -0.2) is 0 Å². The Balaban J connectivity index is 1.69. The Kier molecular flexibility index (Phi) is 6.15. The quantitative estimate of drug-likeness (QED) is 0.648. The Bertz CT molecular complexity index is 444. The lowest BCUT2D eigenvalue weighted by Gasteiger charge is -2.14. The van der Waals surface area contributed by atoms with Crippen molar-refractivity contribution in [1.82, 2.24) is 10.6 Å². The maximum absolute atomic E-state index is 5.96. The Morgan fingerprint density at radius 1 is 1.45 bits per heavy atom. The molecule has 0 aliphatic carbocycles. The number of hydrogen-bond acceptors (Lipinski definition) is 2. The summed E-state index contributed by atoms with van der Waals surface area (Å²) in [5.74, 6) is 0.808. The van der Waals surface area contributed by atoms with Gasteiger partial charge in [0.15, 0.2) is 5.96 Å². The monoisotopic (exact) mass is 295 g/mol. The molecule has 0 bridgehead atoms. The zero-order valence-electron chi connectivity index (χ0n) is 11.9. The first-order valence-corrected chi connectivity index (χ1v) is 7.46. The molecule has 1 aromatic carbocycles. The molecule has 1 heterocycles. The third-order valence-corrected chi connectivity index (χ3v) is 3.59. The average molecular weight is 296 g/mol. The van der Waals surface area contributed by atoms with Crippen molar-refractivity contribution in [3.63, 3.8) is 0 Å². The van der Waals surface area contributed by atoms with E-state index in [0.29, 0.717) is 12.6 Å². The van der Waals surface area contributed by atoms with Crippen LogP contribution in [0.2, 0.25) is 5.02 Å². The van der Waals surface area contributed by atoms with Gasteiger partial charge >= 0.3 is 0 Å². The largest absolute Gasteiger partial charge is 0.378 e.